The Morgan fingerprint density at radius 2 is 1.93 bits per heavy atom. The predicted octanol–water partition coefficient (Wildman–Crippen LogP) is 5.00. The number of piperidine rings is 1. The van der Waals surface area contributed by atoms with E-state index in [-0.39, 0.29) is 27.7 Å². The number of benzene rings is 2. The Kier molecular flexibility index (Phi) is 5.51. The molecule has 1 aromatic heterocycles. The van der Waals surface area contributed by atoms with Gasteiger partial charge in [0.05, 0.1) is 17.1 Å². The molecule has 1 aliphatic heterocycles. The first kappa shape index (κ1) is 19.4. The van der Waals surface area contributed by atoms with Gasteiger partial charge in [-0.25, -0.2) is 28.7 Å². The van der Waals surface area contributed by atoms with Crippen molar-refractivity contribution in [1.29, 1.82) is 0 Å². The SMILES string of the molecule is CN=C=NC1CCN(c2ncnc3c(F)c(-c4ccccc4F)c(Cl)cc23)CC1. The lowest BCUT2D eigenvalue weighted by atomic mass is 10.0. The lowest BCUT2D eigenvalue weighted by molar-refractivity contribution is 0.503. The van der Waals surface area contributed by atoms with Gasteiger partial charge in [0, 0.05) is 36.7 Å². The van der Waals surface area contributed by atoms with Crippen molar-refractivity contribution in [2.24, 2.45) is 9.98 Å². The molecule has 8 heteroatoms. The average Bonchev–Trinajstić information content (AvgIpc) is 2.74. The highest BCUT2D eigenvalue weighted by molar-refractivity contribution is 6.34. The summed E-state index contributed by atoms with van der Waals surface area (Å²) in [5.41, 5.74) is 0.234. The number of halogens is 3. The summed E-state index contributed by atoms with van der Waals surface area (Å²) in [7, 11) is 1.64. The molecule has 0 atom stereocenters. The molecule has 1 fully saturated rings. The molecule has 2 aromatic carbocycles. The molecule has 1 aliphatic rings. The van der Waals surface area contributed by atoms with E-state index >= 15 is 4.39 Å². The molecule has 2 heterocycles. The van der Waals surface area contributed by atoms with Crippen LogP contribution in [-0.2, 0) is 0 Å². The maximum Gasteiger partial charge on any atom is 0.159 e. The van der Waals surface area contributed by atoms with Crippen LogP contribution >= 0.6 is 11.6 Å². The number of hydrogen-bond acceptors (Lipinski definition) is 5. The first-order chi connectivity index (χ1) is 14.1. The van der Waals surface area contributed by atoms with Crippen LogP contribution in [0.5, 0.6) is 0 Å². The molecule has 4 rings (SSSR count). The second kappa shape index (κ2) is 8.23. The van der Waals surface area contributed by atoms with E-state index in [9.17, 15) is 4.39 Å². The average molecular weight is 414 g/mol. The minimum atomic E-state index is -0.653. The van der Waals surface area contributed by atoms with Gasteiger partial charge in [-0.15, -0.1) is 0 Å². The predicted molar refractivity (Wildman–Crippen MR) is 111 cm³/mol. The van der Waals surface area contributed by atoms with Gasteiger partial charge in [0.15, 0.2) is 5.82 Å². The van der Waals surface area contributed by atoms with Crippen LogP contribution in [0.1, 0.15) is 12.8 Å². The molecule has 0 radical (unpaired) electrons. The van der Waals surface area contributed by atoms with Gasteiger partial charge in [-0.3, -0.25) is 0 Å². The zero-order valence-corrected chi connectivity index (χ0v) is 16.5. The number of aromatic nitrogens is 2. The van der Waals surface area contributed by atoms with Gasteiger partial charge in [0.1, 0.15) is 23.5 Å². The zero-order valence-electron chi connectivity index (χ0n) is 15.7. The largest absolute Gasteiger partial charge is 0.356 e. The van der Waals surface area contributed by atoms with Crippen molar-refractivity contribution < 1.29 is 8.78 Å². The van der Waals surface area contributed by atoms with Gasteiger partial charge in [-0.05, 0) is 25.0 Å². The van der Waals surface area contributed by atoms with Crippen LogP contribution in [0.2, 0.25) is 5.02 Å². The molecule has 0 spiro atoms. The van der Waals surface area contributed by atoms with Gasteiger partial charge in [0.2, 0.25) is 0 Å². The number of anilines is 1. The molecule has 5 nitrogen and oxygen atoms in total. The minimum Gasteiger partial charge on any atom is -0.356 e. The van der Waals surface area contributed by atoms with Crippen LogP contribution in [0.15, 0.2) is 46.6 Å². The van der Waals surface area contributed by atoms with E-state index < -0.39 is 11.6 Å². The molecule has 0 aliphatic carbocycles. The summed E-state index contributed by atoms with van der Waals surface area (Å²) in [6, 6.07) is 10.4. The van der Waals surface area contributed by atoms with Crippen molar-refractivity contribution in [3.63, 3.8) is 0 Å². The van der Waals surface area contributed by atoms with Crippen molar-refractivity contribution in [1.82, 2.24) is 9.97 Å². The van der Waals surface area contributed by atoms with Gasteiger partial charge >= 0.3 is 0 Å². The number of aliphatic imine (C=N–C) groups is 2. The van der Waals surface area contributed by atoms with E-state index in [1.807, 2.05) is 0 Å². The summed E-state index contributed by atoms with van der Waals surface area (Å²) in [5, 5.41) is 0.627. The maximum absolute atomic E-state index is 15.4. The van der Waals surface area contributed by atoms with Crippen LogP contribution in [-0.4, -0.2) is 42.2 Å². The quantitative estimate of drug-likeness (QED) is 0.568. The summed E-state index contributed by atoms with van der Waals surface area (Å²) in [5.74, 6) is -0.581. The molecule has 0 bridgehead atoms. The Morgan fingerprint density at radius 1 is 1.17 bits per heavy atom. The van der Waals surface area contributed by atoms with Crippen LogP contribution in [0.25, 0.3) is 22.0 Å². The van der Waals surface area contributed by atoms with E-state index in [0.717, 1.165) is 12.8 Å². The van der Waals surface area contributed by atoms with Gasteiger partial charge < -0.3 is 4.90 Å². The number of nitrogens with zero attached hydrogens (tertiary/aromatic N) is 5. The van der Waals surface area contributed by atoms with Gasteiger partial charge in [-0.1, -0.05) is 29.8 Å². The molecule has 0 saturated carbocycles. The molecule has 3 aromatic rings. The topological polar surface area (TPSA) is 53.7 Å². The normalized spacial score (nSPS) is 14.7. The zero-order chi connectivity index (χ0) is 20.4. The van der Waals surface area contributed by atoms with E-state index in [1.165, 1.54) is 18.5 Å². The third kappa shape index (κ3) is 3.71. The second-order valence-electron chi connectivity index (χ2n) is 6.79. The van der Waals surface area contributed by atoms with Gasteiger partial charge in [0.25, 0.3) is 0 Å². The highest BCUT2D eigenvalue weighted by atomic mass is 35.5. The number of hydrogen-bond donors (Lipinski definition) is 0. The smallest absolute Gasteiger partial charge is 0.159 e. The third-order valence-electron chi connectivity index (χ3n) is 5.05. The fourth-order valence-corrected chi connectivity index (χ4v) is 3.92. The van der Waals surface area contributed by atoms with Crippen molar-refractivity contribution in [2.45, 2.75) is 18.9 Å². The molecule has 1 saturated heterocycles. The molecule has 29 heavy (non-hydrogen) atoms. The lowest BCUT2D eigenvalue weighted by Gasteiger charge is -2.31. The Balaban J connectivity index is 1.75. The molecular formula is C21H18ClF2N5. The first-order valence-corrected chi connectivity index (χ1v) is 9.64. The maximum atomic E-state index is 15.4. The van der Waals surface area contributed by atoms with Crippen molar-refractivity contribution in [2.75, 3.05) is 25.0 Å². The van der Waals surface area contributed by atoms with Crippen LogP contribution in [0, 0.1) is 11.6 Å². The summed E-state index contributed by atoms with van der Waals surface area (Å²) < 4.78 is 29.6. The van der Waals surface area contributed by atoms with Crippen LogP contribution in [0.4, 0.5) is 14.6 Å². The van der Waals surface area contributed by atoms with Gasteiger partial charge in [-0.2, -0.15) is 0 Å². The van der Waals surface area contributed by atoms with E-state index in [2.05, 4.69) is 30.9 Å². The minimum absolute atomic E-state index is 0.00816. The molecule has 0 N–H and O–H groups in total. The molecule has 0 amide bonds. The Bertz CT molecular complexity index is 1120. The second-order valence-corrected chi connectivity index (χ2v) is 7.20. The fourth-order valence-electron chi connectivity index (χ4n) is 3.63. The monoisotopic (exact) mass is 413 g/mol. The van der Waals surface area contributed by atoms with E-state index in [4.69, 9.17) is 11.6 Å². The highest BCUT2D eigenvalue weighted by Gasteiger charge is 2.24. The van der Waals surface area contributed by atoms with E-state index in [1.54, 1.807) is 25.2 Å². The van der Waals surface area contributed by atoms with E-state index in [0.29, 0.717) is 24.3 Å². The molecular weight excluding hydrogens is 396 g/mol. The Hall–Kier alpha value is -2.89. The molecule has 148 valence electrons. The Morgan fingerprint density at radius 3 is 2.66 bits per heavy atom. The summed E-state index contributed by atoms with van der Waals surface area (Å²) in [6.45, 7) is 1.42. The summed E-state index contributed by atoms with van der Waals surface area (Å²) in [4.78, 5) is 18.6. The van der Waals surface area contributed by atoms with Crippen LogP contribution in [0.3, 0.4) is 0 Å². The summed E-state index contributed by atoms with van der Waals surface area (Å²) >= 11 is 6.39. The Labute approximate surface area is 171 Å². The number of rotatable bonds is 3. The fraction of sp³-hybridized carbons (Fsp3) is 0.286. The standard InChI is InChI=1S/C21H18ClF2N5/c1-25-11-26-13-6-8-29(9-7-13)21-15-10-16(22)18(14-4-2-3-5-17(14)23)19(24)20(15)27-12-28-21/h2-5,10,12-13H,6-9H2,1H3. The van der Waals surface area contributed by atoms with Crippen molar-refractivity contribution in [3.05, 3.63) is 53.3 Å². The van der Waals surface area contributed by atoms with Crippen LogP contribution < -0.4 is 4.90 Å². The molecule has 0 unspecified atom stereocenters. The van der Waals surface area contributed by atoms with Crippen molar-refractivity contribution in [3.8, 4) is 11.1 Å². The first-order valence-electron chi connectivity index (χ1n) is 9.26. The third-order valence-corrected chi connectivity index (χ3v) is 5.35. The van der Waals surface area contributed by atoms with Crippen molar-refractivity contribution >= 4 is 34.3 Å². The highest BCUT2D eigenvalue weighted by Crippen LogP contribution is 2.38. The number of fused-ring (bicyclic) bond motifs is 1. The summed E-state index contributed by atoms with van der Waals surface area (Å²) in [6.07, 6.45) is 2.96. The lowest BCUT2D eigenvalue weighted by Crippen LogP contribution is -2.36.